The quantitative estimate of drug-likeness (QED) is 0.597. The molecular weight excluding hydrogens is 202 g/mol. The van der Waals surface area contributed by atoms with Crippen molar-refractivity contribution in [3.05, 3.63) is 29.8 Å². The topological polar surface area (TPSA) is 38.3 Å². The predicted molar refractivity (Wildman–Crippen MR) is 63.2 cm³/mol. The molecular formula is C13H15NO2. The minimum absolute atomic E-state index is 0.0135. The molecule has 0 aromatic heterocycles. The van der Waals surface area contributed by atoms with Crippen LogP contribution in [0, 0.1) is 12.3 Å². The fourth-order valence-corrected chi connectivity index (χ4v) is 1.27. The van der Waals surface area contributed by atoms with Crippen molar-refractivity contribution >= 4 is 5.91 Å². The molecule has 0 radical (unpaired) electrons. The summed E-state index contributed by atoms with van der Waals surface area (Å²) in [6.07, 6.45) is 6.02. The van der Waals surface area contributed by atoms with Gasteiger partial charge in [-0.1, -0.05) is 12.1 Å². The molecule has 0 fully saturated rings. The van der Waals surface area contributed by atoms with E-state index in [4.69, 9.17) is 11.2 Å². The summed E-state index contributed by atoms with van der Waals surface area (Å²) in [5.74, 6) is 3.25. The van der Waals surface area contributed by atoms with Crippen LogP contribution in [0.5, 0.6) is 5.75 Å². The van der Waals surface area contributed by atoms with Crippen LogP contribution in [0.2, 0.25) is 0 Å². The van der Waals surface area contributed by atoms with Crippen LogP contribution in [-0.2, 0) is 11.2 Å². The minimum atomic E-state index is -0.0135. The number of rotatable bonds is 5. The first kappa shape index (κ1) is 12.1. The highest BCUT2D eigenvalue weighted by Crippen LogP contribution is 2.11. The Morgan fingerprint density at radius 1 is 1.44 bits per heavy atom. The fraction of sp³-hybridized carbons (Fsp3) is 0.308. The van der Waals surface area contributed by atoms with Crippen molar-refractivity contribution in [3.63, 3.8) is 0 Å². The highest BCUT2D eigenvalue weighted by atomic mass is 16.5. The van der Waals surface area contributed by atoms with Gasteiger partial charge in [0.05, 0.1) is 13.5 Å². The summed E-state index contributed by atoms with van der Waals surface area (Å²) in [5, 5.41) is 2.75. The molecule has 3 nitrogen and oxygen atoms in total. The summed E-state index contributed by atoms with van der Waals surface area (Å²) in [5.41, 5.74) is 0.957. The lowest BCUT2D eigenvalue weighted by Gasteiger charge is -2.04. The van der Waals surface area contributed by atoms with Crippen molar-refractivity contribution in [1.82, 2.24) is 5.32 Å². The second kappa shape index (κ2) is 6.52. The maximum absolute atomic E-state index is 11.4. The van der Waals surface area contributed by atoms with Crippen LogP contribution in [0.4, 0.5) is 0 Å². The molecule has 0 aliphatic rings. The predicted octanol–water partition coefficient (Wildman–Crippen LogP) is 1.38. The lowest BCUT2D eigenvalue weighted by Crippen LogP contribution is -2.25. The molecule has 1 amide bonds. The molecule has 0 unspecified atom stereocenters. The summed E-state index contributed by atoms with van der Waals surface area (Å²) in [6, 6.07) is 7.42. The van der Waals surface area contributed by atoms with Gasteiger partial charge in [0.25, 0.3) is 0 Å². The Labute approximate surface area is 95.8 Å². The van der Waals surface area contributed by atoms with Gasteiger partial charge in [-0.3, -0.25) is 4.79 Å². The van der Waals surface area contributed by atoms with Crippen molar-refractivity contribution in [1.29, 1.82) is 0 Å². The zero-order valence-corrected chi connectivity index (χ0v) is 9.32. The SMILES string of the molecule is C#CCCNC(=O)Cc1ccc(OC)cc1. The molecule has 0 saturated carbocycles. The van der Waals surface area contributed by atoms with Gasteiger partial charge in [0, 0.05) is 13.0 Å². The molecule has 0 atom stereocenters. The molecule has 0 aliphatic heterocycles. The zero-order valence-electron chi connectivity index (χ0n) is 9.32. The van der Waals surface area contributed by atoms with Crippen molar-refractivity contribution < 1.29 is 9.53 Å². The van der Waals surface area contributed by atoms with E-state index in [1.54, 1.807) is 7.11 Å². The second-order valence-electron chi connectivity index (χ2n) is 3.33. The number of ether oxygens (including phenoxy) is 1. The van der Waals surface area contributed by atoms with Crippen molar-refractivity contribution in [3.8, 4) is 18.1 Å². The Bertz CT molecular complexity index is 376. The highest BCUT2D eigenvalue weighted by Gasteiger charge is 2.02. The Morgan fingerprint density at radius 3 is 2.69 bits per heavy atom. The molecule has 0 aliphatic carbocycles. The Kier molecular flexibility index (Phi) is 4.94. The molecule has 0 bridgehead atoms. The van der Waals surface area contributed by atoms with Crippen LogP contribution in [0.3, 0.4) is 0 Å². The first-order valence-corrected chi connectivity index (χ1v) is 5.09. The van der Waals surface area contributed by atoms with Gasteiger partial charge in [0.2, 0.25) is 5.91 Å². The van der Waals surface area contributed by atoms with E-state index in [-0.39, 0.29) is 5.91 Å². The van der Waals surface area contributed by atoms with Gasteiger partial charge in [-0.2, -0.15) is 0 Å². The van der Waals surface area contributed by atoms with Crippen LogP contribution in [0.1, 0.15) is 12.0 Å². The summed E-state index contributed by atoms with van der Waals surface area (Å²) < 4.78 is 5.03. The van der Waals surface area contributed by atoms with Crippen LogP contribution in [0.25, 0.3) is 0 Å². The fourth-order valence-electron chi connectivity index (χ4n) is 1.27. The number of terminal acetylenes is 1. The standard InChI is InChI=1S/C13H15NO2/c1-3-4-9-14-13(15)10-11-5-7-12(16-2)8-6-11/h1,5-8H,4,9-10H2,2H3,(H,14,15). The first-order valence-electron chi connectivity index (χ1n) is 5.09. The maximum atomic E-state index is 11.4. The lowest BCUT2D eigenvalue weighted by atomic mass is 10.1. The van der Waals surface area contributed by atoms with Gasteiger partial charge in [-0.25, -0.2) is 0 Å². The van der Waals surface area contributed by atoms with Crippen molar-refractivity contribution in [2.45, 2.75) is 12.8 Å². The zero-order chi connectivity index (χ0) is 11.8. The average molecular weight is 217 g/mol. The van der Waals surface area contributed by atoms with E-state index in [9.17, 15) is 4.79 Å². The number of benzene rings is 1. The molecule has 3 heteroatoms. The maximum Gasteiger partial charge on any atom is 0.224 e. The molecule has 0 spiro atoms. The highest BCUT2D eigenvalue weighted by molar-refractivity contribution is 5.78. The van der Waals surface area contributed by atoms with Gasteiger partial charge in [0.15, 0.2) is 0 Å². The summed E-state index contributed by atoms with van der Waals surface area (Å²) in [4.78, 5) is 11.4. The van der Waals surface area contributed by atoms with Crippen molar-refractivity contribution in [2.24, 2.45) is 0 Å². The molecule has 0 heterocycles. The molecule has 1 aromatic carbocycles. The summed E-state index contributed by atoms with van der Waals surface area (Å²) in [6.45, 7) is 0.533. The van der Waals surface area contributed by atoms with Crippen LogP contribution >= 0.6 is 0 Å². The third kappa shape index (κ3) is 4.05. The number of methoxy groups -OCH3 is 1. The Morgan fingerprint density at radius 2 is 2.12 bits per heavy atom. The Balaban J connectivity index is 2.41. The number of nitrogens with one attached hydrogen (secondary N) is 1. The normalized spacial score (nSPS) is 9.25. The molecule has 1 rings (SSSR count). The van der Waals surface area contributed by atoms with Gasteiger partial charge in [-0.15, -0.1) is 12.3 Å². The van der Waals surface area contributed by atoms with E-state index in [0.717, 1.165) is 11.3 Å². The molecule has 1 N–H and O–H groups in total. The smallest absolute Gasteiger partial charge is 0.224 e. The van der Waals surface area contributed by atoms with Crippen LogP contribution in [-0.4, -0.2) is 19.6 Å². The third-order valence-electron chi connectivity index (χ3n) is 2.12. The molecule has 16 heavy (non-hydrogen) atoms. The van der Waals surface area contributed by atoms with E-state index in [1.807, 2.05) is 24.3 Å². The van der Waals surface area contributed by atoms with Gasteiger partial charge < -0.3 is 10.1 Å². The molecule has 0 saturated heterocycles. The van der Waals surface area contributed by atoms with Crippen molar-refractivity contribution in [2.75, 3.05) is 13.7 Å². The van der Waals surface area contributed by atoms with E-state index in [2.05, 4.69) is 11.2 Å². The second-order valence-corrected chi connectivity index (χ2v) is 3.33. The number of carbonyl (C=O) groups is 1. The first-order chi connectivity index (χ1) is 7.76. The van der Waals surface area contributed by atoms with Gasteiger partial charge >= 0.3 is 0 Å². The largest absolute Gasteiger partial charge is 0.497 e. The van der Waals surface area contributed by atoms with E-state index < -0.39 is 0 Å². The molecule has 1 aromatic rings. The lowest BCUT2D eigenvalue weighted by molar-refractivity contribution is -0.120. The minimum Gasteiger partial charge on any atom is -0.497 e. The number of hydrogen-bond acceptors (Lipinski definition) is 2. The number of hydrogen-bond donors (Lipinski definition) is 1. The van der Waals surface area contributed by atoms with E-state index >= 15 is 0 Å². The van der Waals surface area contributed by atoms with E-state index in [1.165, 1.54) is 0 Å². The third-order valence-corrected chi connectivity index (χ3v) is 2.12. The summed E-state index contributed by atoms with van der Waals surface area (Å²) in [7, 11) is 1.61. The van der Waals surface area contributed by atoms with Gasteiger partial charge in [-0.05, 0) is 17.7 Å². The molecule has 84 valence electrons. The number of carbonyl (C=O) groups excluding carboxylic acids is 1. The number of amides is 1. The summed E-state index contributed by atoms with van der Waals surface area (Å²) >= 11 is 0. The Hall–Kier alpha value is -1.95. The average Bonchev–Trinajstić information content (AvgIpc) is 2.30. The van der Waals surface area contributed by atoms with E-state index in [0.29, 0.717) is 19.4 Å². The van der Waals surface area contributed by atoms with Crippen LogP contribution < -0.4 is 10.1 Å². The van der Waals surface area contributed by atoms with Gasteiger partial charge in [0.1, 0.15) is 5.75 Å². The van der Waals surface area contributed by atoms with Crippen LogP contribution in [0.15, 0.2) is 24.3 Å². The monoisotopic (exact) mass is 217 g/mol.